The van der Waals surface area contributed by atoms with E-state index < -0.39 is 0 Å². The molecule has 1 amide bonds. The number of carbonyl (C=O) groups excluding carboxylic acids is 1. The summed E-state index contributed by atoms with van der Waals surface area (Å²) in [6.07, 6.45) is 7.33. The number of nitrogens with zero attached hydrogens (tertiary/aromatic N) is 3. The highest BCUT2D eigenvalue weighted by Crippen LogP contribution is 2.37. The molecular formula is C18H24N6O3. The fourth-order valence-electron chi connectivity index (χ4n) is 3.31. The Morgan fingerprint density at radius 3 is 2.89 bits per heavy atom. The van der Waals surface area contributed by atoms with Crippen LogP contribution < -0.4 is 10.6 Å². The Morgan fingerprint density at radius 2 is 2.19 bits per heavy atom. The van der Waals surface area contributed by atoms with Gasteiger partial charge < -0.3 is 20.5 Å². The Bertz CT molecular complexity index is 802. The van der Waals surface area contributed by atoms with Crippen molar-refractivity contribution in [1.82, 2.24) is 25.5 Å². The summed E-state index contributed by atoms with van der Waals surface area (Å²) >= 11 is 0. The molecule has 9 nitrogen and oxygen atoms in total. The van der Waals surface area contributed by atoms with Gasteiger partial charge in [0.25, 0.3) is 0 Å². The summed E-state index contributed by atoms with van der Waals surface area (Å²) in [7, 11) is 0. The molecule has 2 atom stereocenters. The SMILES string of the molecule is CC1(NC(=O)O[C@@H]2CC[C@H](c3cc(Nc4cnc(CO)cn4)n[nH]3)C2)CC1. The van der Waals surface area contributed by atoms with Crippen LogP contribution in [0.5, 0.6) is 0 Å². The first-order valence-electron chi connectivity index (χ1n) is 9.26. The molecule has 2 aromatic heterocycles. The molecule has 0 aromatic carbocycles. The van der Waals surface area contributed by atoms with Gasteiger partial charge in [-0.1, -0.05) is 0 Å². The van der Waals surface area contributed by atoms with E-state index in [-0.39, 0.29) is 30.3 Å². The number of hydrogen-bond acceptors (Lipinski definition) is 7. The zero-order valence-electron chi connectivity index (χ0n) is 15.2. The monoisotopic (exact) mass is 372 g/mol. The second kappa shape index (κ2) is 7.15. The average molecular weight is 372 g/mol. The molecule has 2 fully saturated rings. The third kappa shape index (κ3) is 4.36. The maximum Gasteiger partial charge on any atom is 0.407 e. The number of H-pyrrole nitrogens is 1. The molecular weight excluding hydrogens is 348 g/mol. The van der Waals surface area contributed by atoms with Crippen molar-refractivity contribution in [1.29, 1.82) is 0 Å². The standard InChI is InChI=1S/C18H24N6O3/c1-18(4-5-18)22-17(26)27-13-3-2-11(6-13)14-7-15(24-23-14)21-16-9-19-12(10-25)8-20-16/h7-9,11,13,25H,2-6,10H2,1H3,(H,22,26)(H2,20,21,23,24)/t11-,13+/m0/s1. The van der Waals surface area contributed by atoms with E-state index in [1.54, 1.807) is 6.20 Å². The number of nitrogens with one attached hydrogen (secondary N) is 3. The van der Waals surface area contributed by atoms with Gasteiger partial charge in [-0.25, -0.2) is 9.78 Å². The maximum atomic E-state index is 12.0. The number of ether oxygens (including phenoxy) is 1. The van der Waals surface area contributed by atoms with Crippen molar-refractivity contribution in [2.24, 2.45) is 0 Å². The number of hydrogen-bond donors (Lipinski definition) is 4. The van der Waals surface area contributed by atoms with Gasteiger partial charge >= 0.3 is 6.09 Å². The van der Waals surface area contributed by atoms with Gasteiger partial charge in [0.05, 0.1) is 24.7 Å². The van der Waals surface area contributed by atoms with Crippen LogP contribution in [0.15, 0.2) is 18.5 Å². The Hall–Kier alpha value is -2.68. The third-order valence-corrected chi connectivity index (χ3v) is 5.22. The van der Waals surface area contributed by atoms with Crippen molar-refractivity contribution < 1.29 is 14.6 Å². The molecule has 2 aliphatic carbocycles. The van der Waals surface area contributed by atoms with Crippen molar-refractivity contribution in [2.45, 2.75) is 63.2 Å². The van der Waals surface area contributed by atoms with E-state index in [9.17, 15) is 4.79 Å². The highest BCUT2D eigenvalue weighted by atomic mass is 16.6. The van der Waals surface area contributed by atoms with Crippen LogP contribution in [-0.4, -0.2) is 43.0 Å². The highest BCUT2D eigenvalue weighted by molar-refractivity contribution is 5.69. The molecule has 2 aliphatic rings. The summed E-state index contributed by atoms with van der Waals surface area (Å²) in [5.41, 5.74) is 1.47. The Kier molecular flexibility index (Phi) is 4.69. The molecule has 0 aliphatic heterocycles. The molecule has 9 heteroatoms. The van der Waals surface area contributed by atoms with Gasteiger partial charge in [-0.2, -0.15) is 5.10 Å². The molecule has 2 heterocycles. The first kappa shape index (κ1) is 17.7. The molecule has 2 aromatic rings. The summed E-state index contributed by atoms with van der Waals surface area (Å²) in [6.45, 7) is 1.90. The van der Waals surface area contributed by atoms with E-state index in [1.165, 1.54) is 6.20 Å². The fraction of sp³-hybridized carbons (Fsp3) is 0.556. The van der Waals surface area contributed by atoms with Crippen LogP contribution >= 0.6 is 0 Å². The van der Waals surface area contributed by atoms with Crippen LogP contribution in [0.3, 0.4) is 0 Å². The molecule has 0 radical (unpaired) electrons. The predicted octanol–water partition coefficient (Wildman–Crippen LogP) is 2.35. The zero-order valence-corrected chi connectivity index (χ0v) is 15.2. The van der Waals surface area contributed by atoms with Crippen LogP contribution in [0.1, 0.15) is 56.3 Å². The van der Waals surface area contributed by atoms with Gasteiger partial charge in [-0.3, -0.25) is 10.1 Å². The molecule has 27 heavy (non-hydrogen) atoms. The smallest absolute Gasteiger partial charge is 0.407 e. The normalized spacial score (nSPS) is 23.0. The van der Waals surface area contributed by atoms with Gasteiger partial charge in [0.15, 0.2) is 5.82 Å². The van der Waals surface area contributed by atoms with Crippen molar-refractivity contribution in [2.75, 3.05) is 5.32 Å². The number of rotatable bonds is 6. The molecule has 2 saturated carbocycles. The van der Waals surface area contributed by atoms with Crippen LogP contribution in [0.2, 0.25) is 0 Å². The van der Waals surface area contributed by atoms with Crippen molar-refractivity contribution >= 4 is 17.7 Å². The Labute approximate surface area is 156 Å². The number of aromatic amines is 1. The summed E-state index contributed by atoms with van der Waals surface area (Å²) < 4.78 is 5.56. The molecule has 0 saturated heterocycles. The molecule has 0 unspecified atom stereocenters. The predicted molar refractivity (Wildman–Crippen MR) is 97.5 cm³/mol. The van der Waals surface area contributed by atoms with E-state index in [1.807, 2.05) is 13.0 Å². The molecule has 0 spiro atoms. The number of aliphatic hydroxyl groups excluding tert-OH is 1. The highest BCUT2D eigenvalue weighted by Gasteiger charge is 2.40. The van der Waals surface area contributed by atoms with Crippen LogP contribution in [0.25, 0.3) is 0 Å². The molecule has 4 N–H and O–H groups in total. The quantitative estimate of drug-likeness (QED) is 0.613. The lowest BCUT2D eigenvalue weighted by atomic mass is 10.0. The lowest BCUT2D eigenvalue weighted by molar-refractivity contribution is 0.0967. The van der Waals surface area contributed by atoms with Crippen molar-refractivity contribution in [3.05, 3.63) is 29.8 Å². The van der Waals surface area contributed by atoms with Crippen LogP contribution in [0, 0.1) is 0 Å². The van der Waals surface area contributed by atoms with Crippen molar-refractivity contribution in [3.63, 3.8) is 0 Å². The second-order valence-corrected chi connectivity index (χ2v) is 7.61. The van der Waals surface area contributed by atoms with Gasteiger partial charge in [0, 0.05) is 23.2 Å². The number of anilines is 2. The third-order valence-electron chi connectivity index (χ3n) is 5.22. The summed E-state index contributed by atoms with van der Waals surface area (Å²) in [5, 5.41) is 22.3. The van der Waals surface area contributed by atoms with Gasteiger partial charge in [0.1, 0.15) is 11.9 Å². The number of carbonyl (C=O) groups is 1. The van der Waals surface area contributed by atoms with Gasteiger partial charge in [-0.05, 0) is 39.0 Å². The Morgan fingerprint density at radius 1 is 1.33 bits per heavy atom. The number of alkyl carbamates (subject to hydrolysis) is 1. The second-order valence-electron chi connectivity index (χ2n) is 7.61. The van der Waals surface area contributed by atoms with Gasteiger partial charge in [0.2, 0.25) is 0 Å². The minimum Gasteiger partial charge on any atom is -0.446 e. The summed E-state index contributed by atoms with van der Waals surface area (Å²) in [4.78, 5) is 20.2. The number of aliphatic hydroxyl groups is 1. The Balaban J connectivity index is 1.30. The average Bonchev–Trinajstić information content (AvgIpc) is 3.03. The largest absolute Gasteiger partial charge is 0.446 e. The topological polar surface area (TPSA) is 125 Å². The fourth-order valence-corrected chi connectivity index (χ4v) is 3.31. The molecule has 144 valence electrons. The van der Waals surface area contributed by atoms with E-state index in [2.05, 4.69) is 30.8 Å². The van der Waals surface area contributed by atoms with E-state index in [4.69, 9.17) is 9.84 Å². The molecule has 4 rings (SSSR count). The van der Waals surface area contributed by atoms with E-state index in [0.717, 1.165) is 37.8 Å². The number of aromatic nitrogens is 4. The lowest BCUT2D eigenvalue weighted by Gasteiger charge is -2.16. The summed E-state index contributed by atoms with van der Waals surface area (Å²) in [5.74, 6) is 1.49. The number of amides is 1. The summed E-state index contributed by atoms with van der Waals surface area (Å²) in [6, 6.07) is 1.94. The van der Waals surface area contributed by atoms with Crippen LogP contribution in [0.4, 0.5) is 16.4 Å². The minimum absolute atomic E-state index is 0.0582. The van der Waals surface area contributed by atoms with E-state index in [0.29, 0.717) is 17.3 Å². The van der Waals surface area contributed by atoms with Crippen LogP contribution in [-0.2, 0) is 11.3 Å². The molecule has 0 bridgehead atoms. The minimum atomic E-state index is -0.308. The van der Waals surface area contributed by atoms with E-state index >= 15 is 0 Å². The van der Waals surface area contributed by atoms with Gasteiger partial charge in [-0.15, -0.1) is 0 Å². The first-order chi connectivity index (χ1) is 13.0. The maximum absolute atomic E-state index is 12.0. The van der Waals surface area contributed by atoms with Crippen molar-refractivity contribution in [3.8, 4) is 0 Å². The lowest BCUT2D eigenvalue weighted by Crippen LogP contribution is -2.36. The first-order valence-corrected chi connectivity index (χ1v) is 9.26. The zero-order chi connectivity index (χ0) is 18.9.